The van der Waals surface area contributed by atoms with Crippen LogP contribution in [-0.2, 0) is 20.7 Å². The molecule has 4 rings (SSSR count). The van der Waals surface area contributed by atoms with Gasteiger partial charge in [-0.05, 0) is 73.6 Å². The van der Waals surface area contributed by atoms with Gasteiger partial charge in [-0.25, -0.2) is 9.59 Å². The highest BCUT2D eigenvalue weighted by Gasteiger charge is 2.31. The number of aryl methyl sites for hydroxylation is 1. The van der Waals surface area contributed by atoms with E-state index in [1.54, 1.807) is 40.0 Å². The van der Waals surface area contributed by atoms with Crippen molar-refractivity contribution in [2.24, 2.45) is 0 Å². The lowest BCUT2D eigenvalue weighted by atomic mass is 9.98. The van der Waals surface area contributed by atoms with Crippen molar-refractivity contribution in [1.82, 2.24) is 10.6 Å². The third-order valence-electron chi connectivity index (χ3n) is 6.78. The second kappa shape index (κ2) is 12.2. The van der Waals surface area contributed by atoms with Crippen LogP contribution in [0.25, 0.3) is 11.1 Å². The summed E-state index contributed by atoms with van der Waals surface area (Å²) in [6, 6.07) is 20.5. The number of hydrogen-bond donors (Lipinski definition) is 2. The minimum absolute atomic E-state index is 0.0967. The molecule has 0 aromatic heterocycles. The topological polar surface area (TPSA) is 103 Å². The maximum atomic E-state index is 13.0. The monoisotopic (exact) mass is 544 g/mol. The van der Waals surface area contributed by atoms with Crippen LogP contribution in [-0.4, -0.2) is 50.4 Å². The number of nitrogens with one attached hydrogen (secondary N) is 2. The lowest BCUT2D eigenvalue weighted by Gasteiger charge is -2.25. The van der Waals surface area contributed by atoms with Gasteiger partial charge in [0.25, 0.3) is 5.91 Å². The van der Waals surface area contributed by atoms with Gasteiger partial charge in [0.1, 0.15) is 24.0 Å². The van der Waals surface area contributed by atoms with Crippen molar-refractivity contribution in [1.29, 1.82) is 0 Å². The summed E-state index contributed by atoms with van der Waals surface area (Å²) >= 11 is 0. The van der Waals surface area contributed by atoms with Crippen LogP contribution in [0.3, 0.4) is 0 Å². The van der Waals surface area contributed by atoms with Gasteiger partial charge in [0.15, 0.2) is 0 Å². The van der Waals surface area contributed by atoms with Gasteiger partial charge in [-0.2, -0.15) is 0 Å². The van der Waals surface area contributed by atoms with Gasteiger partial charge in [-0.3, -0.25) is 4.79 Å². The molecule has 3 aromatic rings. The van der Waals surface area contributed by atoms with E-state index < -0.39 is 23.7 Å². The number of methoxy groups -OCH3 is 1. The molecule has 1 aliphatic rings. The fraction of sp³-hybridized carbons (Fsp3) is 0.344. The summed E-state index contributed by atoms with van der Waals surface area (Å²) in [6.07, 6.45) is -0.0429. The summed E-state index contributed by atoms with van der Waals surface area (Å²) in [4.78, 5) is 38.3. The molecule has 1 unspecified atom stereocenters. The Bertz CT molecular complexity index is 1350. The normalized spacial score (nSPS) is 13.0. The SMILES string of the molecule is CNC(=O)c1cc(CCC(NC(=O)OCC2c3ccccc3-c3ccccc32)C(=O)OC(C)(C)C)ccc1OC. The van der Waals surface area contributed by atoms with E-state index in [0.29, 0.717) is 17.7 Å². The Balaban J connectivity index is 1.46. The molecule has 3 aromatic carbocycles. The lowest BCUT2D eigenvalue weighted by Crippen LogP contribution is -2.45. The largest absolute Gasteiger partial charge is 0.496 e. The molecule has 0 saturated carbocycles. The van der Waals surface area contributed by atoms with Crippen LogP contribution in [0.5, 0.6) is 5.75 Å². The van der Waals surface area contributed by atoms with Crippen LogP contribution in [0.15, 0.2) is 66.7 Å². The van der Waals surface area contributed by atoms with Crippen molar-refractivity contribution in [3.05, 3.63) is 89.0 Å². The Morgan fingerprint density at radius 3 is 2.12 bits per heavy atom. The molecule has 0 fully saturated rings. The first-order valence-electron chi connectivity index (χ1n) is 13.3. The Hall–Kier alpha value is -4.33. The first-order valence-corrected chi connectivity index (χ1v) is 13.3. The number of alkyl carbamates (subject to hydrolysis) is 1. The van der Waals surface area contributed by atoms with Gasteiger partial charge in [-0.1, -0.05) is 54.6 Å². The number of ether oxygens (including phenoxy) is 3. The highest BCUT2D eigenvalue weighted by Crippen LogP contribution is 2.44. The summed E-state index contributed by atoms with van der Waals surface area (Å²) < 4.78 is 16.6. The Morgan fingerprint density at radius 1 is 0.925 bits per heavy atom. The molecule has 0 saturated heterocycles. The predicted octanol–water partition coefficient (Wildman–Crippen LogP) is 5.24. The first kappa shape index (κ1) is 28.7. The average molecular weight is 545 g/mol. The van der Waals surface area contributed by atoms with Crippen molar-refractivity contribution in [3.63, 3.8) is 0 Å². The van der Waals surface area contributed by atoms with Crippen LogP contribution >= 0.6 is 0 Å². The van der Waals surface area contributed by atoms with E-state index in [1.165, 1.54) is 7.11 Å². The van der Waals surface area contributed by atoms with Crippen LogP contribution in [0.4, 0.5) is 4.79 Å². The Labute approximate surface area is 235 Å². The molecule has 2 N–H and O–H groups in total. The van der Waals surface area contributed by atoms with Gasteiger partial charge in [0.2, 0.25) is 0 Å². The molecule has 0 radical (unpaired) electrons. The van der Waals surface area contributed by atoms with Crippen LogP contribution in [0.2, 0.25) is 0 Å². The van der Waals surface area contributed by atoms with Gasteiger partial charge in [0.05, 0.1) is 12.7 Å². The minimum atomic E-state index is -0.944. The number of benzene rings is 3. The summed E-state index contributed by atoms with van der Waals surface area (Å²) in [5, 5.41) is 5.31. The van der Waals surface area contributed by atoms with Gasteiger partial charge < -0.3 is 24.8 Å². The molecule has 0 heterocycles. The zero-order valence-electron chi connectivity index (χ0n) is 23.6. The number of amides is 2. The molecule has 0 bridgehead atoms. The van der Waals surface area contributed by atoms with E-state index in [-0.39, 0.29) is 24.9 Å². The second-order valence-electron chi connectivity index (χ2n) is 10.7. The molecule has 1 aliphatic carbocycles. The maximum Gasteiger partial charge on any atom is 0.407 e. The summed E-state index contributed by atoms with van der Waals surface area (Å²) in [6.45, 7) is 5.45. The summed E-state index contributed by atoms with van der Waals surface area (Å²) in [7, 11) is 3.05. The fourth-order valence-electron chi connectivity index (χ4n) is 4.94. The van der Waals surface area contributed by atoms with Crippen LogP contribution in [0.1, 0.15) is 60.2 Å². The van der Waals surface area contributed by atoms with Crippen molar-refractivity contribution < 1.29 is 28.6 Å². The van der Waals surface area contributed by atoms with Crippen molar-refractivity contribution >= 4 is 18.0 Å². The van der Waals surface area contributed by atoms with E-state index in [0.717, 1.165) is 27.8 Å². The van der Waals surface area contributed by atoms with Crippen molar-refractivity contribution in [3.8, 4) is 16.9 Å². The highest BCUT2D eigenvalue weighted by atomic mass is 16.6. The van der Waals surface area contributed by atoms with E-state index in [2.05, 4.69) is 22.8 Å². The quantitative estimate of drug-likeness (QED) is 0.358. The van der Waals surface area contributed by atoms with Crippen molar-refractivity contribution in [2.45, 2.75) is 51.2 Å². The molecular weight excluding hydrogens is 508 g/mol. The molecule has 1 atom stereocenters. The number of hydrogen-bond acceptors (Lipinski definition) is 6. The standard InChI is InChI=1S/C32H36N2O6/c1-32(2,3)40-30(36)27(16-14-20-15-17-28(38-5)25(18-20)29(35)33-4)34-31(37)39-19-26-23-12-8-6-10-21(23)22-11-7-9-13-24(22)26/h6-13,15,17-18,26-27H,14,16,19H2,1-5H3,(H,33,35)(H,34,37). The number of rotatable bonds is 9. The number of carbonyl (C=O) groups excluding carboxylic acids is 3. The Morgan fingerprint density at radius 2 is 1.55 bits per heavy atom. The number of fused-ring (bicyclic) bond motifs is 3. The lowest BCUT2D eigenvalue weighted by molar-refractivity contribution is -0.157. The molecule has 8 nitrogen and oxygen atoms in total. The van der Waals surface area contributed by atoms with Crippen molar-refractivity contribution in [2.75, 3.05) is 20.8 Å². The zero-order valence-corrected chi connectivity index (χ0v) is 23.6. The molecule has 2 amide bonds. The zero-order chi connectivity index (χ0) is 28.9. The minimum Gasteiger partial charge on any atom is -0.496 e. The Kier molecular flexibility index (Phi) is 8.77. The highest BCUT2D eigenvalue weighted by molar-refractivity contribution is 5.97. The molecule has 210 valence electrons. The molecule has 40 heavy (non-hydrogen) atoms. The smallest absolute Gasteiger partial charge is 0.407 e. The van der Waals surface area contributed by atoms with E-state index >= 15 is 0 Å². The van der Waals surface area contributed by atoms with Crippen LogP contribution in [0, 0.1) is 0 Å². The molecule has 0 aliphatic heterocycles. The van der Waals surface area contributed by atoms with Gasteiger partial charge >= 0.3 is 12.1 Å². The summed E-state index contributed by atoms with van der Waals surface area (Å²) in [5.74, 6) is -0.482. The van der Waals surface area contributed by atoms with Crippen LogP contribution < -0.4 is 15.4 Å². The first-order chi connectivity index (χ1) is 19.1. The average Bonchev–Trinajstić information content (AvgIpc) is 3.26. The van der Waals surface area contributed by atoms with Gasteiger partial charge in [0, 0.05) is 13.0 Å². The number of carbonyl (C=O) groups is 3. The third kappa shape index (κ3) is 6.62. The predicted molar refractivity (Wildman–Crippen MR) is 153 cm³/mol. The fourth-order valence-corrected chi connectivity index (χ4v) is 4.94. The third-order valence-corrected chi connectivity index (χ3v) is 6.78. The second-order valence-corrected chi connectivity index (χ2v) is 10.7. The number of esters is 1. The maximum absolute atomic E-state index is 13.0. The van der Waals surface area contributed by atoms with E-state index in [9.17, 15) is 14.4 Å². The van der Waals surface area contributed by atoms with E-state index in [4.69, 9.17) is 14.2 Å². The van der Waals surface area contributed by atoms with Gasteiger partial charge in [-0.15, -0.1) is 0 Å². The van der Waals surface area contributed by atoms with E-state index in [1.807, 2.05) is 42.5 Å². The molecule has 8 heteroatoms. The molecule has 0 spiro atoms. The summed E-state index contributed by atoms with van der Waals surface area (Å²) in [5.41, 5.74) is 4.94. The molecular formula is C32H36N2O6.